The van der Waals surface area contributed by atoms with Crippen molar-refractivity contribution >= 4 is 23.2 Å². The van der Waals surface area contributed by atoms with E-state index in [1.165, 1.54) is 6.42 Å². The van der Waals surface area contributed by atoms with E-state index < -0.39 is 0 Å². The summed E-state index contributed by atoms with van der Waals surface area (Å²) >= 11 is 0. The van der Waals surface area contributed by atoms with Gasteiger partial charge in [-0.05, 0) is 95.2 Å². The van der Waals surface area contributed by atoms with Crippen LogP contribution in [0.1, 0.15) is 66.2 Å². The molecule has 1 aliphatic rings. The lowest BCUT2D eigenvalue weighted by atomic mass is 10.1. The summed E-state index contributed by atoms with van der Waals surface area (Å²) in [6.45, 7) is 6.21. The molecule has 1 saturated heterocycles. The van der Waals surface area contributed by atoms with Gasteiger partial charge in [0.1, 0.15) is 5.75 Å². The van der Waals surface area contributed by atoms with E-state index in [9.17, 15) is 9.59 Å². The number of amides is 2. The summed E-state index contributed by atoms with van der Waals surface area (Å²) in [6.07, 6.45) is 6.43. The largest absolute Gasteiger partial charge is 0.494 e. The van der Waals surface area contributed by atoms with Crippen molar-refractivity contribution in [2.75, 3.05) is 57.1 Å². The van der Waals surface area contributed by atoms with Crippen molar-refractivity contribution < 1.29 is 14.3 Å². The Labute approximate surface area is 209 Å². The van der Waals surface area contributed by atoms with Crippen molar-refractivity contribution in [1.29, 1.82) is 0 Å². The highest BCUT2D eigenvalue weighted by Gasteiger charge is 2.20. The van der Waals surface area contributed by atoms with Crippen LogP contribution in [0.4, 0.5) is 11.4 Å². The van der Waals surface area contributed by atoms with Gasteiger partial charge in [0.05, 0.1) is 12.2 Å². The zero-order chi connectivity index (χ0) is 25.0. The Kier molecular flexibility index (Phi) is 10.4. The summed E-state index contributed by atoms with van der Waals surface area (Å²) in [6, 6.07) is 12.8. The minimum atomic E-state index is -0.215. The van der Waals surface area contributed by atoms with Crippen LogP contribution in [0.25, 0.3) is 0 Å². The number of rotatable bonds is 12. The normalized spacial score (nSPS) is 13.5. The highest BCUT2D eigenvalue weighted by molar-refractivity contribution is 6.06. The van der Waals surface area contributed by atoms with Crippen molar-refractivity contribution in [2.24, 2.45) is 0 Å². The van der Waals surface area contributed by atoms with Gasteiger partial charge in [-0.15, -0.1) is 0 Å². The van der Waals surface area contributed by atoms with E-state index in [0.717, 1.165) is 63.2 Å². The molecule has 0 unspecified atom stereocenters. The molecule has 2 aromatic carbocycles. The minimum Gasteiger partial charge on any atom is -0.494 e. The first-order chi connectivity index (χ1) is 17.0. The molecule has 0 atom stereocenters. The Morgan fingerprint density at radius 3 is 2.40 bits per heavy atom. The Bertz CT molecular complexity index is 953. The van der Waals surface area contributed by atoms with Crippen LogP contribution in [0.2, 0.25) is 0 Å². The second kappa shape index (κ2) is 13.7. The van der Waals surface area contributed by atoms with Crippen molar-refractivity contribution in [3.05, 3.63) is 53.6 Å². The van der Waals surface area contributed by atoms with Crippen molar-refractivity contribution in [3.8, 4) is 5.75 Å². The van der Waals surface area contributed by atoms with Crippen LogP contribution in [0, 0.1) is 0 Å². The number of ether oxygens (including phenoxy) is 1. The highest BCUT2D eigenvalue weighted by Crippen LogP contribution is 2.27. The first-order valence-electron chi connectivity index (χ1n) is 12.8. The van der Waals surface area contributed by atoms with Crippen LogP contribution in [0.5, 0.6) is 5.75 Å². The lowest BCUT2D eigenvalue weighted by Gasteiger charge is -2.30. The predicted octanol–water partition coefficient (Wildman–Crippen LogP) is 4.79. The lowest BCUT2D eigenvalue weighted by Crippen LogP contribution is -2.33. The van der Waals surface area contributed by atoms with Gasteiger partial charge in [0.15, 0.2) is 0 Å². The van der Waals surface area contributed by atoms with Gasteiger partial charge in [0.25, 0.3) is 11.8 Å². The maximum absolute atomic E-state index is 13.1. The van der Waals surface area contributed by atoms with Crippen molar-refractivity contribution in [1.82, 2.24) is 10.2 Å². The summed E-state index contributed by atoms with van der Waals surface area (Å²) in [5.41, 5.74) is 2.69. The van der Waals surface area contributed by atoms with E-state index in [4.69, 9.17) is 4.74 Å². The smallest absolute Gasteiger partial charge is 0.255 e. The molecular weight excluding hydrogens is 440 g/mol. The maximum Gasteiger partial charge on any atom is 0.255 e. The number of carbonyl (C=O) groups excluding carboxylic acids is 2. The van der Waals surface area contributed by atoms with Crippen LogP contribution in [-0.2, 0) is 0 Å². The van der Waals surface area contributed by atoms with Crippen LogP contribution < -0.4 is 20.3 Å². The third kappa shape index (κ3) is 8.28. The van der Waals surface area contributed by atoms with Gasteiger partial charge in [0, 0.05) is 36.6 Å². The fourth-order valence-corrected chi connectivity index (χ4v) is 4.14. The molecule has 0 saturated carbocycles. The second-order valence-electron chi connectivity index (χ2n) is 9.37. The first kappa shape index (κ1) is 26.5. The number of nitrogens with zero attached hydrogens (tertiary/aromatic N) is 2. The van der Waals surface area contributed by atoms with Gasteiger partial charge in [-0.1, -0.05) is 13.3 Å². The molecule has 3 rings (SSSR count). The fraction of sp³-hybridized carbons (Fsp3) is 0.500. The van der Waals surface area contributed by atoms with Gasteiger partial charge >= 0.3 is 0 Å². The molecule has 35 heavy (non-hydrogen) atoms. The molecule has 1 fully saturated rings. The SMILES string of the molecule is CCCCOc1ccc(C(=O)Nc2ccc(N3CCCCC3)c(C(=O)NCCCN(C)C)c2)cc1. The van der Waals surface area contributed by atoms with E-state index in [2.05, 4.69) is 27.4 Å². The molecule has 7 heteroatoms. The molecule has 1 heterocycles. The Morgan fingerprint density at radius 2 is 1.71 bits per heavy atom. The van der Waals surface area contributed by atoms with Gasteiger partial charge in [0.2, 0.25) is 0 Å². The average molecular weight is 481 g/mol. The number of anilines is 2. The molecule has 0 spiro atoms. The molecule has 0 aromatic heterocycles. The number of hydrogen-bond donors (Lipinski definition) is 2. The molecule has 0 bridgehead atoms. The number of carbonyl (C=O) groups is 2. The summed E-state index contributed by atoms with van der Waals surface area (Å²) < 4.78 is 5.68. The van der Waals surface area contributed by atoms with Crippen molar-refractivity contribution in [2.45, 2.75) is 45.4 Å². The minimum absolute atomic E-state index is 0.103. The summed E-state index contributed by atoms with van der Waals surface area (Å²) in [5, 5.41) is 6.01. The Hall–Kier alpha value is -3.06. The van der Waals surface area contributed by atoms with Crippen LogP contribution >= 0.6 is 0 Å². The van der Waals surface area contributed by atoms with Crippen LogP contribution in [0.3, 0.4) is 0 Å². The third-order valence-electron chi connectivity index (χ3n) is 6.15. The second-order valence-corrected chi connectivity index (χ2v) is 9.37. The summed E-state index contributed by atoms with van der Waals surface area (Å²) in [7, 11) is 4.05. The van der Waals surface area contributed by atoms with Crippen LogP contribution in [-0.4, -0.2) is 63.6 Å². The van der Waals surface area contributed by atoms with Gasteiger partial charge in [-0.25, -0.2) is 0 Å². The predicted molar refractivity (Wildman–Crippen MR) is 143 cm³/mol. The third-order valence-corrected chi connectivity index (χ3v) is 6.15. The van der Waals surface area contributed by atoms with Crippen LogP contribution in [0.15, 0.2) is 42.5 Å². The molecule has 0 aliphatic carbocycles. The zero-order valence-corrected chi connectivity index (χ0v) is 21.4. The quantitative estimate of drug-likeness (QED) is 0.427. The van der Waals surface area contributed by atoms with E-state index >= 15 is 0 Å². The number of piperidine rings is 1. The van der Waals surface area contributed by atoms with E-state index in [1.54, 1.807) is 18.2 Å². The Morgan fingerprint density at radius 1 is 0.971 bits per heavy atom. The first-order valence-corrected chi connectivity index (χ1v) is 12.8. The molecule has 2 amide bonds. The van der Waals surface area contributed by atoms with Gasteiger partial charge in [-0.3, -0.25) is 9.59 Å². The van der Waals surface area contributed by atoms with Gasteiger partial charge < -0.3 is 25.2 Å². The summed E-state index contributed by atoms with van der Waals surface area (Å²) in [4.78, 5) is 30.4. The number of benzene rings is 2. The highest BCUT2D eigenvalue weighted by atomic mass is 16.5. The topological polar surface area (TPSA) is 73.9 Å². The maximum atomic E-state index is 13.1. The standard InChI is InChI=1S/C28H40N4O3/c1-4-5-20-35-24-13-10-22(11-14-24)27(33)30-23-12-15-26(32-18-7-6-8-19-32)25(21-23)28(34)29-16-9-17-31(2)3/h10-15,21H,4-9,16-20H2,1-3H3,(H,29,34)(H,30,33). The molecule has 1 aliphatic heterocycles. The molecule has 2 N–H and O–H groups in total. The average Bonchev–Trinajstić information content (AvgIpc) is 2.87. The summed E-state index contributed by atoms with van der Waals surface area (Å²) in [5.74, 6) is 0.441. The monoisotopic (exact) mass is 480 g/mol. The number of hydrogen-bond acceptors (Lipinski definition) is 5. The zero-order valence-electron chi connectivity index (χ0n) is 21.4. The fourth-order valence-electron chi connectivity index (χ4n) is 4.14. The molecule has 7 nitrogen and oxygen atoms in total. The number of unbranched alkanes of at least 4 members (excludes halogenated alkanes) is 1. The Balaban J connectivity index is 1.71. The molecule has 2 aromatic rings. The molecule has 190 valence electrons. The number of nitrogens with one attached hydrogen (secondary N) is 2. The van der Waals surface area contributed by atoms with E-state index in [1.807, 2.05) is 38.4 Å². The van der Waals surface area contributed by atoms with E-state index in [-0.39, 0.29) is 11.8 Å². The molecular formula is C28H40N4O3. The van der Waals surface area contributed by atoms with E-state index in [0.29, 0.717) is 30.0 Å². The van der Waals surface area contributed by atoms with Gasteiger partial charge in [-0.2, -0.15) is 0 Å². The van der Waals surface area contributed by atoms with Crippen molar-refractivity contribution in [3.63, 3.8) is 0 Å². The lowest BCUT2D eigenvalue weighted by molar-refractivity contribution is 0.0951. The molecule has 0 radical (unpaired) electrons.